The first-order valence-electron chi connectivity index (χ1n) is 6.74. The van der Waals surface area contributed by atoms with Gasteiger partial charge in [-0.2, -0.15) is 0 Å². The molecule has 0 aliphatic rings. The molecular formula is C17H17BrF2O. The molecule has 0 spiro atoms. The molecule has 112 valence electrons. The fourth-order valence-electron chi connectivity index (χ4n) is 2.38. The van der Waals surface area contributed by atoms with Crippen LogP contribution in [0.2, 0.25) is 0 Å². The molecular weight excluding hydrogens is 338 g/mol. The first kappa shape index (κ1) is 16.0. The molecule has 0 aliphatic carbocycles. The molecule has 0 N–H and O–H groups in total. The Hall–Kier alpha value is -1.42. The second-order valence-corrected chi connectivity index (χ2v) is 5.71. The Bertz CT molecular complexity index is 581. The Morgan fingerprint density at radius 2 is 1.67 bits per heavy atom. The van der Waals surface area contributed by atoms with Crippen molar-refractivity contribution in [1.82, 2.24) is 0 Å². The van der Waals surface area contributed by atoms with Gasteiger partial charge in [-0.3, -0.25) is 0 Å². The summed E-state index contributed by atoms with van der Waals surface area (Å²) in [5, 5.41) is 0.766. The Morgan fingerprint density at radius 1 is 1.00 bits per heavy atom. The molecule has 1 unspecified atom stereocenters. The minimum Gasteiger partial charge on any atom is -0.497 e. The van der Waals surface area contributed by atoms with Crippen LogP contribution in [0.4, 0.5) is 8.78 Å². The van der Waals surface area contributed by atoms with E-state index in [2.05, 4.69) is 15.9 Å². The van der Waals surface area contributed by atoms with Gasteiger partial charge in [-0.25, -0.2) is 8.78 Å². The molecule has 0 saturated carbocycles. The monoisotopic (exact) mass is 354 g/mol. The van der Waals surface area contributed by atoms with Crippen molar-refractivity contribution < 1.29 is 13.5 Å². The van der Waals surface area contributed by atoms with E-state index in [0.29, 0.717) is 12.0 Å². The van der Waals surface area contributed by atoms with Crippen LogP contribution in [-0.2, 0) is 12.8 Å². The summed E-state index contributed by atoms with van der Waals surface area (Å²) in [5.74, 6) is 0.0235. The smallest absolute Gasteiger partial charge is 0.126 e. The summed E-state index contributed by atoms with van der Waals surface area (Å²) in [6.07, 6.45) is 1.44. The van der Waals surface area contributed by atoms with E-state index >= 15 is 0 Å². The molecule has 2 rings (SSSR count). The van der Waals surface area contributed by atoms with Crippen LogP contribution < -0.4 is 4.74 Å². The molecule has 2 aromatic rings. The lowest BCUT2D eigenvalue weighted by Crippen LogP contribution is -2.10. The lowest BCUT2D eigenvalue weighted by Gasteiger charge is -2.15. The average Bonchev–Trinajstić information content (AvgIpc) is 2.45. The summed E-state index contributed by atoms with van der Waals surface area (Å²) in [5.41, 5.74) is 1.83. The first-order chi connectivity index (χ1) is 10.1. The molecule has 0 bridgehead atoms. The highest BCUT2D eigenvalue weighted by molar-refractivity contribution is 9.09. The van der Waals surface area contributed by atoms with Crippen LogP contribution in [0.5, 0.6) is 5.75 Å². The maximum atomic E-state index is 13.2. The van der Waals surface area contributed by atoms with Gasteiger partial charge in [-0.1, -0.05) is 28.1 Å². The van der Waals surface area contributed by atoms with Crippen molar-refractivity contribution in [3.63, 3.8) is 0 Å². The third-order valence-corrected chi connectivity index (χ3v) is 4.24. The van der Waals surface area contributed by atoms with Crippen molar-refractivity contribution in [2.45, 2.75) is 12.8 Å². The zero-order valence-corrected chi connectivity index (χ0v) is 13.4. The predicted octanol–water partition coefficient (Wildman–Crippen LogP) is 4.77. The van der Waals surface area contributed by atoms with Gasteiger partial charge in [0.1, 0.15) is 17.4 Å². The molecule has 1 atom stereocenters. The highest BCUT2D eigenvalue weighted by Gasteiger charge is 2.12. The van der Waals surface area contributed by atoms with Crippen molar-refractivity contribution in [2.75, 3.05) is 12.4 Å². The number of hydrogen-bond acceptors (Lipinski definition) is 1. The van der Waals surface area contributed by atoms with Gasteiger partial charge in [0.15, 0.2) is 0 Å². The molecule has 0 radical (unpaired) electrons. The third kappa shape index (κ3) is 4.81. The SMILES string of the molecule is COc1cccc(CC(CBr)Cc2cc(F)cc(F)c2)c1. The number of halogens is 3. The number of alkyl halides is 1. The van der Waals surface area contributed by atoms with Crippen LogP contribution in [0.15, 0.2) is 42.5 Å². The van der Waals surface area contributed by atoms with E-state index in [9.17, 15) is 8.78 Å². The largest absolute Gasteiger partial charge is 0.497 e. The van der Waals surface area contributed by atoms with Crippen LogP contribution in [0.25, 0.3) is 0 Å². The highest BCUT2D eigenvalue weighted by Crippen LogP contribution is 2.21. The number of hydrogen-bond donors (Lipinski definition) is 0. The molecule has 4 heteroatoms. The summed E-state index contributed by atoms with van der Waals surface area (Å²) >= 11 is 3.48. The van der Waals surface area contributed by atoms with E-state index in [-0.39, 0.29) is 5.92 Å². The Labute approximate surface area is 132 Å². The number of ether oxygens (including phenoxy) is 1. The molecule has 2 aromatic carbocycles. The standard InChI is InChI=1S/C17H17BrF2O/c1-21-17-4-2-3-12(9-17)5-14(11-18)6-13-7-15(19)10-16(20)8-13/h2-4,7-10,14H,5-6,11H2,1H3. The van der Waals surface area contributed by atoms with Crippen LogP contribution >= 0.6 is 15.9 Å². The van der Waals surface area contributed by atoms with Gasteiger partial charge in [0.25, 0.3) is 0 Å². The van der Waals surface area contributed by atoms with E-state index < -0.39 is 11.6 Å². The van der Waals surface area contributed by atoms with Gasteiger partial charge >= 0.3 is 0 Å². The molecule has 21 heavy (non-hydrogen) atoms. The summed E-state index contributed by atoms with van der Waals surface area (Å²) in [4.78, 5) is 0. The number of rotatable bonds is 6. The molecule has 1 nitrogen and oxygen atoms in total. The quantitative estimate of drug-likeness (QED) is 0.679. The fourth-order valence-corrected chi connectivity index (χ4v) is 2.83. The van der Waals surface area contributed by atoms with Crippen LogP contribution in [-0.4, -0.2) is 12.4 Å². The number of benzene rings is 2. The topological polar surface area (TPSA) is 9.23 Å². The van der Waals surface area contributed by atoms with Crippen LogP contribution in [0.1, 0.15) is 11.1 Å². The zero-order chi connectivity index (χ0) is 15.2. The molecule has 0 heterocycles. The molecule has 0 amide bonds. The van der Waals surface area contributed by atoms with Gasteiger partial charge in [-0.05, 0) is 54.2 Å². The molecule has 0 aliphatic heterocycles. The zero-order valence-electron chi connectivity index (χ0n) is 11.8. The van der Waals surface area contributed by atoms with Gasteiger partial charge in [0.2, 0.25) is 0 Å². The maximum absolute atomic E-state index is 13.2. The molecule has 0 fully saturated rings. The van der Waals surface area contributed by atoms with Crippen molar-refractivity contribution in [2.24, 2.45) is 5.92 Å². The van der Waals surface area contributed by atoms with E-state index in [4.69, 9.17) is 4.74 Å². The van der Waals surface area contributed by atoms with Crippen LogP contribution in [0, 0.1) is 17.6 Å². The van der Waals surface area contributed by atoms with Crippen molar-refractivity contribution in [3.05, 3.63) is 65.2 Å². The number of methoxy groups -OCH3 is 1. The predicted molar refractivity (Wildman–Crippen MR) is 84.0 cm³/mol. The second kappa shape index (κ2) is 7.55. The molecule has 0 saturated heterocycles. The van der Waals surface area contributed by atoms with Gasteiger partial charge in [0, 0.05) is 11.4 Å². The summed E-state index contributed by atoms with van der Waals surface area (Å²) < 4.78 is 31.7. The highest BCUT2D eigenvalue weighted by atomic mass is 79.9. The first-order valence-corrected chi connectivity index (χ1v) is 7.86. The van der Waals surface area contributed by atoms with Crippen molar-refractivity contribution >= 4 is 15.9 Å². The van der Waals surface area contributed by atoms with E-state index in [1.54, 1.807) is 7.11 Å². The van der Waals surface area contributed by atoms with E-state index in [1.807, 2.05) is 24.3 Å². The maximum Gasteiger partial charge on any atom is 0.126 e. The van der Waals surface area contributed by atoms with Gasteiger partial charge in [-0.15, -0.1) is 0 Å². The second-order valence-electron chi connectivity index (χ2n) is 5.06. The summed E-state index contributed by atoms with van der Waals surface area (Å²) in [6, 6.07) is 11.5. The Kier molecular flexibility index (Phi) is 5.74. The van der Waals surface area contributed by atoms with Crippen molar-refractivity contribution in [3.8, 4) is 5.75 Å². The average molecular weight is 355 g/mol. The lowest BCUT2D eigenvalue weighted by atomic mass is 9.94. The van der Waals surface area contributed by atoms with Crippen molar-refractivity contribution in [1.29, 1.82) is 0 Å². The molecule has 0 aromatic heterocycles. The Morgan fingerprint density at radius 3 is 2.29 bits per heavy atom. The van der Waals surface area contributed by atoms with E-state index in [0.717, 1.165) is 29.1 Å². The minimum atomic E-state index is -0.528. The lowest BCUT2D eigenvalue weighted by molar-refractivity contribution is 0.414. The summed E-state index contributed by atoms with van der Waals surface area (Å²) in [6.45, 7) is 0. The van der Waals surface area contributed by atoms with Crippen LogP contribution in [0.3, 0.4) is 0 Å². The normalized spacial score (nSPS) is 12.2. The minimum absolute atomic E-state index is 0.262. The Balaban J connectivity index is 2.08. The van der Waals surface area contributed by atoms with Gasteiger partial charge in [0.05, 0.1) is 7.11 Å². The third-order valence-electron chi connectivity index (χ3n) is 3.32. The fraction of sp³-hybridized carbons (Fsp3) is 0.294. The van der Waals surface area contributed by atoms with E-state index in [1.165, 1.54) is 12.1 Å². The van der Waals surface area contributed by atoms with Gasteiger partial charge < -0.3 is 4.74 Å². The summed E-state index contributed by atoms with van der Waals surface area (Å²) in [7, 11) is 1.64.